The maximum absolute atomic E-state index is 12.5. The van der Waals surface area contributed by atoms with Gasteiger partial charge in [-0.15, -0.1) is 0 Å². The average molecular weight is 333 g/mol. The van der Waals surface area contributed by atoms with Crippen LogP contribution in [0.1, 0.15) is 31.7 Å². The highest BCUT2D eigenvalue weighted by molar-refractivity contribution is 5.97. The first-order chi connectivity index (χ1) is 12.1. The fourth-order valence-electron chi connectivity index (χ4n) is 3.51. The van der Waals surface area contributed by atoms with Gasteiger partial charge in [0, 0.05) is 47.6 Å². The maximum Gasteiger partial charge on any atom is 0.228 e. The molecule has 1 aliphatic carbocycles. The minimum absolute atomic E-state index is 0.0606. The van der Waals surface area contributed by atoms with Crippen LogP contribution in [0.5, 0.6) is 0 Å². The van der Waals surface area contributed by atoms with Gasteiger partial charge in [0.25, 0.3) is 0 Å². The Morgan fingerprint density at radius 2 is 2.20 bits per heavy atom. The van der Waals surface area contributed by atoms with E-state index in [4.69, 9.17) is 0 Å². The Labute approximate surface area is 147 Å². The first-order valence-electron chi connectivity index (χ1n) is 8.91. The first-order valence-corrected chi connectivity index (χ1v) is 8.91. The summed E-state index contributed by atoms with van der Waals surface area (Å²) in [7, 11) is 0. The highest BCUT2D eigenvalue weighted by Gasteiger charge is 2.44. The second kappa shape index (κ2) is 6.36. The molecule has 4 nitrogen and oxygen atoms in total. The van der Waals surface area contributed by atoms with E-state index in [9.17, 15) is 4.79 Å². The fraction of sp³-hybridized carbons (Fsp3) is 0.333. The van der Waals surface area contributed by atoms with Crippen molar-refractivity contribution in [2.75, 3.05) is 5.32 Å². The number of anilines is 1. The van der Waals surface area contributed by atoms with E-state index in [-0.39, 0.29) is 11.8 Å². The van der Waals surface area contributed by atoms with E-state index in [1.807, 2.05) is 18.3 Å². The van der Waals surface area contributed by atoms with Crippen LogP contribution in [0.15, 0.2) is 55.0 Å². The molecule has 3 aromatic rings. The summed E-state index contributed by atoms with van der Waals surface area (Å²) < 4.78 is 2.27. The van der Waals surface area contributed by atoms with Gasteiger partial charge < -0.3 is 9.88 Å². The van der Waals surface area contributed by atoms with Crippen molar-refractivity contribution in [3.8, 4) is 0 Å². The molecule has 0 saturated heterocycles. The lowest BCUT2D eigenvalue weighted by atomic mass is 10.1. The van der Waals surface area contributed by atoms with E-state index in [0.717, 1.165) is 29.6 Å². The third-order valence-corrected chi connectivity index (χ3v) is 4.84. The topological polar surface area (TPSA) is 46.9 Å². The number of carbonyl (C=O) groups is 1. The van der Waals surface area contributed by atoms with Crippen LogP contribution >= 0.6 is 0 Å². The molecule has 4 rings (SSSR count). The molecular weight excluding hydrogens is 310 g/mol. The van der Waals surface area contributed by atoms with Crippen LogP contribution in [0.3, 0.4) is 0 Å². The summed E-state index contributed by atoms with van der Waals surface area (Å²) >= 11 is 0. The van der Waals surface area contributed by atoms with Crippen LogP contribution in [-0.2, 0) is 11.3 Å². The molecule has 2 heterocycles. The number of carbonyl (C=O) groups excluding carboxylic acids is 1. The number of hydrogen-bond donors (Lipinski definition) is 1. The second-order valence-electron chi connectivity index (χ2n) is 7.36. The minimum atomic E-state index is 0.0606. The van der Waals surface area contributed by atoms with Gasteiger partial charge in [-0.25, -0.2) is 0 Å². The lowest BCUT2D eigenvalue weighted by Crippen LogP contribution is -2.14. The molecule has 2 atom stereocenters. The van der Waals surface area contributed by atoms with E-state index in [1.54, 1.807) is 6.20 Å². The lowest BCUT2D eigenvalue weighted by Gasteiger charge is -2.09. The van der Waals surface area contributed by atoms with Crippen LogP contribution in [-0.4, -0.2) is 15.5 Å². The van der Waals surface area contributed by atoms with Gasteiger partial charge in [-0.2, -0.15) is 0 Å². The molecule has 1 amide bonds. The smallest absolute Gasteiger partial charge is 0.228 e. The molecule has 0 bridgehead atoms. The Balaban J connectivity index is 1.45. The zero-order chi connectivity index (χ0) is 17.4. The molecule has 0 spiro atoms. The van der Waals surface area contributed by atoms with Gasteiger partial charge in [-0.1, -0.05) is 19.9 Å². The average Bonchev–Trinajstić information content (AvgIpc) is 3.32. The highest BCUT2D eigenvalue weighted by atomic mass is 16.2. The molecule has 128 valence electrons. The number of nitrogens with one attached hydrogen (secondary N) is 1. The molecule has 1 saturated carbocycles. The summed E-state index contributed by atoms with van der Waals surface area (Å²) in [4.78, 5) is 16.7. The zero-order valence-corrected chi connectivity index (χ0v) is 14.6. The number of aromatic nitrogens is 2. The van der Waals surface area contributed by atoms with E-state index in [1.165, 1.54) is 5.52 Å². The Morgan fingerprint density at radius 3 is 2.96 bits per heavy atom. The van der Waals surface area contributed by atoms with Crippen LogP contribution in [0.4, 0.5) is 5.69 Å². The highest BCUT2D eigenvalue weighted by Crippen LogP contribution is 2.47. The quantitative estimate of drug-likeness (QED) is 0.750. The van der Waals surface area contributed by atoms with Gasteiger partial charge >= 0.3 is 0 Å². The summed E-state index contributed by atoms with van der Waals surface area (Å²) in [5.41, 5.74) is 3.24. The third kappa shape index (κ3) is 3.29. The zero-order valence-electron chi connectivity index (χ0n) is 14.6. The SMILES string of the molecule is CC(C)Cn1ccc2cc(NC(=O)[C@@H]3C[C@@H]3c3cccnc3)ccc21. The Bertz CT molecular complexity index is 898. The van der Waals surface area contributed by atoms with Crippen molar-refractivity contribution in [3.05, 3.63) is 60.6 Å². The molecule has 4 heteroatoms. The standard InChI is InChI=1S/C21H23N3O/c1-14(2)13-24-9-7-15-10-17(5-6-20(15)24)23-21(25)19-11-18(19)16-4-3-8-22-12-16/h3-10,12,14,18-19H,11,13H2,1-2H3,(H,23,25)/t18-,19-/m1/s1. The fourth-order valence-corrected chi connectivity index (χ4v) is 3.51. The van der Waals surface area contributed by atoms with Gasteiger partial charge in [-0.05, 0) is 54.2 Å². The van der Waals surface area contributed by atoms with Crippen molar-refractivity contribution in [2.45, 2.75) is 32.7 Å². The molecule has 25 heavy (non-hydrogen) atoms. The van der Waals surface area contributed by atoms with Crippen molar-refractivity contribution >= 4 is 22.5 Å². The van der Waals surface area contributed by atoms with Gasteiger partial charge in [0.2, 0.25) is 5.91 Å². The van der Waals surface area contributed by atoms with Gasteiger partial charge in [0.1, 0.15) is 0 Å². The van der Waals surface area contributed by atoms with Crippen molar-refractivity contribution in [3.63, 3.8) is 0 Å². The van der Waals surface area contributed by atoms with Gasteiger partial charge in [0.15, 0.2) is 0 Å². The molecule has 0 radical (unpaired) electrons. The number of pyridine rings is 1. The summed E-state index contributed by atoms with van der Waals surface area (Å²) in [6, 6.07) is 12.2. The van der Waals surface area contributed by atoms with E-state index in [2.05, 4.69) is 59.2 Å². The Kier molecular flexibility index (Phi) is 4.04. The predicted molar refractivity (Wildman–Crippen MR) is 100 cm³/mol. The van der Waals surface area contributed by atoms with Crippen molar-refractivity contribution in [2.24, 2.45) is 11.8 Å². The number of benzene rings is 1. The number of rotatable bonds is 5. The van der Waals surface area contributed by atoms with Crippen LogP contribution < -0.4 is 5.32 Å². The third-order valence-electron chi connectivity index (χ3n) is 4.84. The summed E-state index contributed by atoms with van der Waals surface area (Å²) in [5.74, 6) is 1.08. The molecule has 1 fully saturated rings. The van der Waals surface area contributed by atoms with Crippen LogP contribution in [0.2, 0.25) is 0 Å². The number of amides is 1. The lowest BCUT2D eigenvalue weighted by molar-refractivity contribution is -0.117. The summed E-state index contributed by atoms with van der Waals surface area (Å²) in [6.07, 6.45) is 6.66. The van der Waals surface area contributed by atoms with Gasteiger partial charge in [-0.3, -0.25) is 9.78 Å². The molecule has 1 aliphatic rings. The summed E-state index contributed by atoms with van der Waals surface area (Å²) in [6.45, 7) is 5.44. The molecule has 2 aromatic heterocycles. The number of fused-ring (bicyclic) bond motifs is 1. The predicted octanol–water partition coefficient (Wildman–Crippen LogP) is 4.43. The molecule has 1 aromatic carbocycles. The number of nitrogens with zero attached hydrogens (tertiary/aromatic N) is 2. The first kappa shape index (κ1) is 15.9. The molecule has 1 N–H and O–H groups in total. The number of hydrogen-bond acceptors (Lipinski definition) is 2. The van der Waals surface area contributed by atoms with E-state index in [0.29, 0.717) is 11.8 Å². The molecular formula is C21H23N3O. The van der Waals surface area contributed by atoms with Crippen molar-refractivity contribution in [1.29, 1.82) is 0 Å². The van der Waals surface area contributed by atoms with Crippen molar-refractivity contribution in [1.82, 2.24) is 9.55 Å². The molecule has 0 unspecified atom stereocenters. The Hall–Kier alpha value is -2.62. The monoisotopic (exact) mass is 333 g/mol. The van der Waals surface area contributed by atoms with Crippen LogP contribution in [0, 0.1) is 11.8 Å². The normalized spacial score (nSPS) is 19.3. The maximum atomic E-state index is 12.5. The minimum Gasteiger partial charge on any atom is -0.347 e. The summed E-state index contributed by atoms with van der Waals surface area (Å²) in [5, 5.41) is 4.24. The van der Waals surface area contributed by atoms with Gasteiger partial charge in [0.05, 0.1) is 0 Å². The van der Waals surface area contributed by atoms with E-state index >= 15 is 0 Å². The Morgan fingerprint density at radius 1 is 1.32 bits per heavy atom. The second-order valence-corrected chi connectivity index (χ2v) is 7.36. The molecule has 0 aliphatic heterocycles. The largest absolute Gasteiger partial charge is 0.347 e. The van der Waals surface area contributed by atoms with E-state index < -0.39 is 0 Å². The van der Waals surface area contributed by atoms with Crippen LogP contribution in [0.25, 0.3) is 10.9 Å². The van der Waals surface area contributed by atoms with Crippen molar-refractivity contribution < 1.29 is 4.79 Å².